The quantitative estimate of drug-likeness (QED) is 0.425. The van der Waals surface area contributed by atoms with Crippen LogP contribution in [0.5, 0.6) is 5.75 Å². The molecule has 3 aromatic rings. The average Bonchev–Trinajstić information content (AvgIpc) is 3.35. The van der Waals surface area contributed by atoms with E-state index in [2.05, 4.69) is 44.8 Å². The van der Waals surface area contributed by atoms with Gasteiger partial charge in [-0.1, -0.05) is 12.1 Å². The van der Waals surface area contributed by atoms with E-state index in [0.29, 0.717) is 37.4 Å². The number of ether oxygens (including phenoxy) is 1. The van der Waals surface area contributed by atoms with Gasteiger partial charge in [0, 0.05) is 38.6 Å². The van der Waals surface area contributed by atoms with Crippen LogP contribution in [-0.4, -0.2) is 87.4 Å². The van der Waals surface area contributed by atoms with Gasteiger partial charge in [-0.2, -0.15) is 5.10 Å². The zero-order valence-corrected chi connectivity index (χ0v) is 23.1. The predicted molar refractivity (Wildman–Crippen MR) is 149 cm³/mol. The van der Waals surface area contributed by atoms with Crippen molar-refractivity contribution in [2.75, 3.05) is 50.8 Å². The van der Waals surface area contributed by atoms with E-state index in [1.165, 1.54) is 25.9 Å². The third-order valence-corrected chi connectivity index (χ3v) is 8.03. The van der Waals surface area contributed by atoms with Gasteiger partial charge < -0.3 is 19.4 Å². The molecular weight excluding hydrogens is 478 g/mol. The van der Waals surface area contributed by atoms with Gasteiger partial charge in [0.2, 0.25) is 5.91 Å². The fraction of sp³-hybridized carbons (Fsp3) is 0.586. The van der Waals surface area contributed by atoms with E-state index in [-0.39, 0.29) is 0 Å². The maximum atomic E-state index is 13.0. The van der Waals surface area contributed by atoms with Gasteiger partial charge >= 0.3 is 0 Å². The lowest BCUT2D eigenvalue weighted by Crippen LogP contribution is -2.49. The van der Waals surface area contributed by atoms with Gasteiger partial charge in [0.25, 0.3) is 0 Å². The number of fused-ring (bicyclic) bond motifs is 1. The number of amides is 1. The topological polar surface area (TPSA) is 79.6 Å². The van der Waals surface area contributed by atoms with Crippen molar-refractivity contribution < 1.29 is 9.53 Å². The second-order valence-corrected chi connectivity index (χ2v) is 10.8. The highest BCUT2D eigenvalue weighted by Crippen LogP contribution is 2.26. The van der Waals surface area contributed by atoms with Crippen LogP contribution in [0.25, 0.3) is 11.0 Å². The summed E-state index contributed by atoms with van der Waals surface area (Å²) in [6.07, 6.45) is 7.60. The Balaban J connectivity index is 1.16. The summed E-state index contributed by atoms with van der Waals surface area (Å²) >= 11 is 0. The molecule has 0 atom stereocenters. The van der Waals surface area contributed by atoms with Gasteiger partial charge in [-0.05, 0) is 76.7 Å². The fourth-order valence-corrected chi connectivity index (χ4v) is 5.73. The third-order valence-electron chi connectivity index (χ3n) is 8.03. The minimum absolute atomic E-state index is 0.297. The molecule has 1 amide bonds. The Bertz CT molecular complexity index is 1210. The van der Waals surface area contributed by atoms with E-state index in [0.717, 1.165) is 60.8 Å². The molecule has 0 saturated carbocycles. The Kier molecular flexibility index (Phi) is 8.42. The number of hydrogen-bond donors (Lipinski definition) is 0. The third kappa shape index (κ3) is 6.09. The molecule has 0 aliphatic carbocycles. The van der Waals surface area contributed by atoms with Crippen LogP contribution < -0.4 is 9.64 Å². The number of benzene rings is 1. The van der Waals surface area contributed by atoms with E-state index in [9.17, 15) is 4.79 Å². The molecule has 204 valence electrons. The molecule has 5 rings (SSSR count). The Morgan fingerprint density at radius 2 is 1.87 bits per heavy atom. The molecule has 1 aromatic carbocycles. The molecule has 2 aliphatic heterocycles. The van der Waals surface area contributed by atoms with Gasteiger partial charge in [0.15, 0.2) is 5.65 Å². The number of nitrogens with zero attached hydrogens (tertiary/aromatic N) is 7. The van der Waals surface area contributed by atoms with Crippen molar-refractivity contribution >= 4 is 22.8 Å². The minimum atomic E-state index is 0.297. The molecule has 0 spiro atoms. The lowest BCUT2D eigenvalue weighted by molar-refractivity contribution is -0.131. The van der Waals surface area contributed by atoms with Crippen LogP contribution >= 0.6 is 0 Å². The molecule has 9 nitrogen and oxygen atoms in total. The van der Waals surface area contributed by atoms with Crippen LogP contribution in [0.1, 0.15) is 52.0 Å². The number of carbonyl (C=O) groups is 1. The van der Waals surface area contributed by atoms with Crippen LogP contribution in [0.15, 0.2) is 36.8 Å². The Labute approximate surface area is 225 Å². The minimum Gasteiger partial charge on any atom is -0.494 e. The van der Waals surface area contributed by atoms with Crippen molar-refractivity contribution in [2.24, 2.45) is 5.92 Å². The number of hydrogen-bond acceptors (Lipinski definition) is 7. The molecule has 2 aliphatic rings. The summed E-state index contributed by atoms with van der Waals surface area (Å²) < 4.78 is 7.56. The van der Waals surface area contributed by atoms with Gasteiger partial charge in [0.1, 0.15) is 17.9 Å². The monoisotopic (exact) mass is 519 g/mol. The summed E-state index contributed by atoms with van der Waals surface area (Å²) in [5.74, 6) is 2.74. The first-order valence-corrected chi connectivity index (χ1v) is 14.2. The number of piperidine rings is 1. The van der Waals surface area contributed by atoms with E-state index in [1.54, 1.807) is 6.33 Å². The first-order chi connectivity index (χ1) is 18.5. The number of aromatic nitrogens is 4. The van der Waals surface area contributed by atoms with E-state index >= 15 is 0 Å². The zero-order chi connectivity index (χ0) is 26.5. The highest BCUT2D eigenvalue weighted by Gasteiger charge is 2.26. The normalized spacial score (nSPS) is 17.5. The van der Waals surface area contributed by atoms with Crippen LogP contribution in [0.4, 0.5) is 5.82 Å². The molecular formula is C29H41N7O2. The molecule has 4 heterocycles. The van der Waals surface area contributed by atoms with Gasteiger partial charge in [-0.25, -0.2) is 14.6 Å². The van der Waals surface area contributed by atoms with Gasteiger partial charge in [0.05, 0.1) is 24.7 Å². The maximum Gasteiger partial charge on any atom is 0.222 e. The van der Waals surface area contributed by atoms with Crippen LogP contribution in [0.3, 0.4) is 0 Å². The van der Waals surface area contributed by atoms with Crippen molar-refractivity contribution in [3.05, 3.63) is 42.4 Å². The van der Waals surface area contributed by atoms with Gasteiger partial charge in [-0.15, -0.1) is 0 Å². The van der Waals surface area contributed by atoms with Crippen molar-refractivity contribution in [3.63, 3.8) is 0 Å². The summed E-state index contributed by atoms with van der Waals surface area (Å²) in [6, 6.07) is 8.71. The maximum absolute atomic E-state index is 13.0. The Morgan fingerprint density at radius 3 is 2.61 bits per heavy atom. The smallest absolute Gasteiger partial charge is 0.222 e. The first-order valence-electron chi connectivity index (χ1n) is 14.2. The number of carbonyl (C=O) groups excluding carboxylic acids is 1. The highest BCUT2D eigenvalue weighted by molar-refractivity contribution is 5.87. The van der Waals surface area contributed by atoms with Crippen LogP contribution in [0, 0.1) is 5.92 Å². The highest BCUT2D eigenvalue weighted by atomic mass is 16.5. The fourth-order valence-electron chi connectivity index (χ4n) is 5.73. The van der Waals surface area contributed by atoms with Crippen LogP contribution in [0.2, 0.25) is 0 Å². The molecule has 9 heteroatoms. The molecule has 2 saturated heterocycles. The summed E-state index contributed by atoms with van der Waals surface area (Å²) in [6.45, 7) is 13.1. The second kappa shape index (κ2) is 12.1. The second-order valence-electron chi connectivity index (χ2n) is 10.8. The first kappa shape index (κ1) is 26.4. The van der Waals surface area contributed by atoms with Crippen LogP contribution in [-0.2, 0) is 11.3 Å². The predicted octanol–water partition coefficient (Wildman–Crippen LogP) is 3.82. The van der Waals surface area contributed by atoms with E-state index in [1.807, 2.05) is 40.9 Å². The number of anilines is 1. The average molecular weight is 520 g/mol. The Morgan fingerprint density at radius 1 is 1.08 bits per heavy atom. The molecule has 2 aromatic heterocycles. The molecule has 38 heavy (non-hydrogen) atoms. The molecule has 2 fully saturated rings. The number of rotatable bonds is 9. The van der Waals surface area contributed by atoms with Crippen molar-refractivity contribution in [2.45, 2.75) is 59.0 Å². The molecule has 0 bridgehead atoms. The molecule has 0 radical (unpaired) electrons. The van der Waals surface area contributed by atoms with Crippen molar-refractivity contribution in [1.82, 2.24) is 29.5 Å². The number of likely N-dealkylation sites (tertiary alicyclic amines) is 1. The Hall–Kier alpha value is -3.20. The largest absolute Gasteiger partial charge is 0.494 e. The van der Waals surface area contributed by atoms with Crippen molar-refractivity contribution in [3.8, 4) is 5.75 Å². The van der Waals surface area contributed by atoms with Gasteiger partial charge in [-0.3, -0.25) is 4.79 Å². The van der Waals surface area contributed by atoms with Crippen molar-refractivity contribution in [1.29, 1.82) is 0 Å². The summed E-state index contributed by atoms with van der Waals surface area (Å²) in [7, 11) is 0. The van der Waals surface area contributed by atoms with E-state index < -0.39 is 0 Å². The number of piperazine rings is 1. The standard InChI is InChI=1S/C29H41N7O2/c1-4-38-25-7-5-6-24(18-25)20-36-29-26(19-32-36)28(30-21-31-29)35-16-14-34(15-17-35)27(37)9-8-23-10-12-33(13-11-23)22(2)3/h5-7,18-19,21-23H,4,8-17,20H2,1-3H3. The zero-order valence-electron chi connectivity index (χ0n) is 23.1. The lowest BCUT2D eigenvalue weighted by Gasteiger charge is -2.36. The summed E-state index contributed by atoms with van der Waals surface area (Å²) in [4.78, 5) is 29.0. The lowest BCUT2D eigenvalue weighted by atomic mass is 9.91. The summed E-state index contributed by atoms with van der Waals surface area (Å²) in [5, 5.41) is 5.57. The molecule has 0 unspecified atom stereocenters. The van der Waals surface area contributed by atoms with E-state index in [4.69, 9.17) is 4.74 Å². The summed E-state index contributed by atoms with van der Waals surface area (Å²) in [5.41, 5.74) is 1.93. The SMILES string of the molecule is CCOc1cccc(Cn2ncc3c(N4CCN(C(=O)CCC5CCN(C(C)C)CC5)CC4)ncnc32)c1. The molecule has 0 N–H and O–H groups in total.